The molecule has 1 heterocycles. The second kappa shape index (κ2) is 11.0. The van der Waals surface area contributed by atoms with Crippen LogP contribution in [0.5, 0.6) is 11.5 Å². The van der Waals surface area contributed by atoms with Crippen LogP contribution >= 0.6 is 11.8 Å². The van der Waals surface area contributed by atoms with Crippen molar-refractivity contribution >= 4 is 23.4 Å². The maximum atomic E-state index is 12.4. The third-order valence-corrected chi connectivity index (χ3v) is 5.87. The molecule has 0 saturated heterocycles. The Labute approximate surface area is 199 Å². The van der Waals surface area contributed by atoms with E-state index in [4.69, 9.17) is 9.47 Å². The van der Waals surface area contributed by atoms with Crippen LogP contribution in [0.1, 0.15) is 32.2 Å². The number of carbonyl (C=O) groups is 1. The summed E-state index contributed by atoms with van der Waals surface area (Å²) in [6, 6.07) is 15.3. The molecule has 0 unspecified atom stereocenters. The number of methoxy groups -OCH3 is 1. The van der Waals surface area contributed by atoms with Crippen LogP contribution in [0.3, 0.4) is 0 Å². The number of hydrogen-bond donors (Lipinski definition) is 1. The lowest BCUT2D eigenvalue weighted by atomic mass is 9.87. The molecule has 8 heteroatoms. The molecule has 1 aromatic heterocycles. The highest BCUT2D eigenvalue weighted by Crippen LogP contribution is 2.25. The fraction of sp³-hybridized carbons (Fsp3) is 0.320. The largest absolute Gasteiger partial charge is 0.497 e. The molecule has 7 nitrogen and oxygen atoms in total. The number of hydrogen-bond acceptors (Lipinski definition) is 6. The summed E-state index contributed by atoms with van der Waals surface area (Å²) >= 11 is 1.32. The molecule has 0 fully saturated rings. The van der Waals surface area contributed by atoms with E-state index in [9.17, 15) is 4.79 Å². The minimum atomic E-state index is -0.130. The fourth-order valence-electron chi connectivity index (χ4n) is 3.05. The molecule has 1 N–H and O–H groups in total. The van der Waals surface area contributed by atoms with Gasteiger partial charge in [-0.3, -0.25) is 9.36 Å². The summed E-state index contributed by atoms with van der Waals surface area (Å²) < 4.78 is 13.0. The average Bonchev–Trinajstić information content (AvgIpc) is 3.18. The second-order valence-electron chi connectivity index (χ2n) is 8.43. The smallest absolute Gasteiger partial charge is 0.234 e. The van der Waals surface area contributed by atoms with Crippen LogP contribution < -0.4 is 14.8 Å². The number of nitrogens with one attached hydrogen (secondary N) is 1. The van der Waals surface area contributed by atoms with Crippen molar-refractivity contribution in [3.8, 4) is 11.5 Å². The van der Waals surface area contributed by atoms with Gasteiger partial charge < -0.3 is 14.8 Å². The molecule has 0 spiro atoms. The molecule has 3 aromatic rings. The topological polar surface area (TPSA) is 78.3 Å². The summed E-state index contributed by atoms with van der Waals surface area (Å²) in [6.07, 6.45) is 1.77. The highest BCUT2D eigenvalue weighted by atomic mass is 32.2. The first-order valence-corrected chi connectivity index (χ1v) is 11.6. The van der Waals surface area contributed by atoms with Crippen LogP contribution in [0.4, 0.5) is 5.69 Å². The van der Waals surface area contributed by atoms with Gasteiger partial charge in [0.25, 0.3) is 0 Å². The zero-order chi connectivity index (χ0) is 23.8. The molecule has 33 heavy (non-hydrogen) atoms. The molecule has 0 aliphatic heterocycles. The minimum Gasteiger partial charge on any atom is -0.497 e. The summed E-state index contributed by atoms with van der Waals surface area (Å²) in [6.45, 7) is 11.1. The van der Waals surface area contributed by atoms with E-state index in [-0.39, 0.29) is 23.7 Å². The third kappa shape index (κ3) is 6.86. The first kappa shape index (κ1) is 24.4. The number of allylic oxidation sites excluding steroid dienone is 1. The molecule has 174 valence electrons. The van der Waals surface area contributed by atoms with Crippen molar-refractivity contribution in [2.45, 2.75) is 44.5 Å². The summed E-state index contributed by atoms with van der Waals surface area (Å²) in [5.41, 5.74) is 2.05. The number of anilines is 1. The molecule has 2 aromatic carbocycles. The van der Waals surface area contributed by atoms with Crippen LogP contribution in [0.2, 0.25) is 0 Å². The third-order valence-electron chi connectivity index (χ3n) is 4.90. The van der Waals surface area contributed by atoms with Gasteiger partial charge in [0.05, 0.1) is 12.9 Å². The van der Waals surface area contributed by atoms with Crippen molar-refractivity contribution in [3.05, 3.63) is 72.6 Å². The van der Waals surface area contributed by atoms with Gasteiger partial charge in [-0.2, -0.15) is 0 Å². The van der Waals surface area contributed by atoms with Gasteiger partial charge in [-0.05, 0) is 47.4 Å². The summed E-state index contributed by atoms with van der Waals surface area (Å²) in [5.74, 6) is 2.25. The summed E-state index contributed by atoms with van der Waals surface area (Å²) in [7, 11) is 1.60. The maximum Gasteiger partial charge on any atom is 0.234 e. The number of aromatic nitrogens is 3. The number of ether oxygens (including phenoxy) is 2. The molecule has 1 amide bonds. The van der Waals surface area contributed by atoms with Gasteiger partial charge in [-0.25, -0.2) is 0 Å². The molecule has 0 radical (unpaired) electrons. The summed E-state index contributed by atoms with van der Waals surface area (Å²) in [5, 5.41) is 12.0. The molecular formula is C25H30N4O3S. The SMILES string of the molecule is C=CCn1c(COc2ccc(C(C)(C)C)cc2)nnc1SCC(=O)Nc1ccc(OC)cc1. The van der Waals surface area contributed by atoms with Gasteiger partial charge in [0.1, 0.15) is 18.1 Å². The highest BCUT2D eigenvalue weighted by Gasteiger charge is 2.16. The predicted molar refractivity (Wildman–Crippen MR) is 132 cm³/mol. The van der Waals surface area contributed by atoms with Crippen LogP contribution in [-0.2, 0) is 23.4 Å². The van der Waals surface area contributed by atoms with Crippen molar-refractivity contribution < 1.29 is 14.3 Å². The number of rotatable bonds is 10. The lowest BCUT2D eigenvalue weighted by molar-refractivity contribution is -0.113. The quantitative estimate of drug-likeness (QED) is 0.332. The van der Waals surface area contributed by atoms with Gasteiger partial charge in [0, 0.05) is 12.2 Å². The molecule has 0 aliphatic carbocycles. The van der Waals surface area contributed by atoms with E-state index in [1.165, 1.54) is 17.3 Å². The van der Waals surface area contributed by atoms with E-state index in [2.05, 4.69) is 55.0 Å². The normalized spacial score (nSPS) is 11.2. The number of nitrogens with zero attached hydrogens (tertiary/aromatic N) is 3. The monoisotopic (exact) mass is 466 g/mol. The number of carbonyl (C=O) groups excluding carboxylic acids is 1. The van der Waals surface area contributed by atoms with E-state index in [0.29, 0.717) is 23.2 Å². The Morgan fingerprint density at radius 2 is 1.76 bits per heavy atom. The first-order valence-electron chi connectivity index (χ1n) is 10.6. The Bertz CT molecular complexity index is 1070. The predicted octanol–water partition coefficient (Wildman–Crippen LogP) is 5.08. The fourth-order valence-corrected chi connectivity index (χ4v) is 3.81. The van der Waals surface area contributed by atoms with Crippen LogP contribution in [0.15, 0.2) is 66.3 Å². The number of thioether (sulfide) groups is 1. The summed E-state index contributed by atoms with van der Waals surface area (Å²) in [4.78, 5) is 12.4. The lowest BCUT2D eigenvalue weighted by Gasteiger charge is -2.19. The Morgan fingerprint density at radius 1 is 1.09 bits per heavy atom. The molecule has 3 rings (SSSR count). The van der Waals surface area contributed by atoms with Crippen molar-refractivity contribution in [2.75, 3.05) is 18.2 Å². The van der Waals surface area contributed by atoms with Crippen molar-refractivity contribution in [1.29, 1.82) is 0 Å². The Hall–Kier alpha value is -3.26. The van der Waals surface area contributed by atoms with E-state index in [0.717, 1.165) is 11.5 Å². The van der Waals surface area contributed by atoms with E-state index in [1.54, 1.807) is 37.5 Å². The molecule has 0 saturated carbocycles. The zero-order valence-electron chi connectivity index (χ0n) is 19.5. The second-order valence-corrected chi connectivity index (χ2v) is 9.37. The van der Waals surface area contributed by atoms with Crippen LogP contribution in [0.25, 0.3) is 0 Å². The Morgan fingerprint density at radius 3 is 2.36 bits per heavy atom. The molecular weight excluding hydrogens is 436 g/mol. The molecule has 0 atom stereocenters. The van der Waals surface area contributed by atoms with E-state index >= 15 is 0 Å². The van der Waals surface area contributed by atoms with Gasteiger partial charge >= 0.3 is 0 Å². The Balaban J connectivity index is 1.59. The average molecular weight is 467 g/mol. The Kier molecular flexibility index (Phi) is 8.16. The van der Waals surface area contributed by atoms with E-state index in [1.807, 2.05) is 16.7 Å². The van der Waals surface area contributed by atoms with Crippen molar-refractivity contribution in [1.82, 2.24) is 14.8 Å². The number of amides is 1. The van der Waals surface area contributed by atoms with Crippen molar-refractivity contribution in [3.63, 3.8) is 0 Å². The van der Waals surface area contributed by atoms with Gasteiger partial charge in [-0.1, -0.05) is 50.7 Å². The highest BCUT2D eigenvalue weighted by molar-refractivity contribution is 7.99. The van der Waals surface area contributed by atoms with Gasteiger partial charge in [0.15, 0.2) is 11.0 Å². The first-order chi connectivity index (χ1) is 15.8. The van der Waals surface area contributed by atoms with Crippen molar-refractivity contribution in [2.24, 2.45) is 0 Å². The number of benzene rings is 2. The van der Waals surface area contributed by atoms with Crippen LogP contribution in [-0.4, -0.2) is 33.5 Å². The van der Waals surface area contributed by atoms with Gasteiger partial charge in [-0.15, -0.1) is 16.8 Å². The molecule has 0 aliphatic rings. The lowest BCUT2D eigenvalue weighted by Crippen LogP contribution is -2.15. The molecule has 0 bridgehead atoms. The minimum absolute atomic E-state index is 0.0917. The van der Waals surface area contributed by atoms with Gasteiger partial charge in [0.2, 0.25) is 5.91 Å². The zero-order valence-corrected chi connectivity index (χ0v) is 20.3. The maximum absolute atomic E-state index is 12.4. The van der Waals surface area contributed by atoms with Crippen LogP contribution in [0, 0.1) is 0 Å². The standard InChI is InChI=1S/C25H30N4O3S/c1-6-15-29-22(16-32-21-11-7-18(8-12-21)25(2,3)4)27-28-24(29)33-17-23(30)26-19-9-13-20(31-5)14-10-19/h6-14H,1,15-17H2,2-5H3,(H,26,30). The van der Waals surface area contributed by atoms with E-state index < -0.39 is 0 Å².